The number of halogens is 6. The van der Waals surface area contributed by atoms with Gasteiger partial charge in [0.15, 0.2) is 0 Å². The molecule has 2 aliphatic rings. The molecule has 4 nitrogen and oxygen atoms in total. The minimum atomic E-state index is -4.71. The number of ether oxygens (including phenoxy) is 1. The third kappa shape index (κ3) is 6.25. The minimum absolute atomic E-state index is 0.0252. The predicted octanol–water partition coefficient (Wildman–Crippen LogP) is 7.19. The lowest BCUT2D eigenvalue weighted by atomic mass is 9.87. The van der Waals surface area contributed by atoms with Gasteiger partial charge >= 0.3 is 18.3 Å². The molecule has 2 aromatic rings. The van der Waals surface area contributed by atoms with E-state index < -0.39 is 35.9 Å². The van der Waals surface area contributed by atoms with Crippen LogP contribution in [-0.4, -0.2) is 40.8 Å². The Labute approximate surface area is 205 Å². The van der Waals surface area contributed by atoms with E-state index in [1.165, 1.54) is 18.2 Å². The highest BCUT2D eigenvalue weighted by atomic mass is 19.4. The first kappa shape index (κ1) is 26.6. The highest BCUT2D eigenvalue weighted by Crippen LogP contribution is 2.44. The molecule has 1 saturated heterocycles. The minimum Gasteiger partial charge on any atom is -0.490 e. The Balaban J connectivity index is 1.55. The van der Waals surface area contributed by atoms with Gasteiger partial charge in [-0.3, -0.25) is 9.69 Å². The van der Waals surface area contributed by atoms with Gasteiger partial charge in [0.1, 0.15) is 11.3 Å². The molecule has 10 heteroatoms. The fraction of sp³-hybridized carbons (Fsp3) is 0.577. The molecule has 4 rings (SSSR count). The fourth-order valence-electron chi connectivity index (χ4n) is 5.47. The summed E-state index contributed by atoms with van der Waals surface area (Å²) >= 11 is 0. The number of likely N-dealkylation sites (tertiary alicyclic amines) is 1. The molecule has 0 aromatic heterocycles. The Bertz CT molecular complexity index is 1080. The van der Waals surface area contributed by atoms with E-state index in [0.29, 0.717) is 11.9 Å². The van der Waals surface area contributed by atoms with Gasteiger partial charge in [0.2, 0.25) is 0 Å². The van der Waals surface area contributed by atoms with E-state index >= 15 is 0 Å². The Kier molecular flexibility index (Phi) is 7.73. The number of aliphatic carboxylic acids is 1. The van der Waals surface area contributed by atoms with E-state index in [1.807, 2.05) is 0 Å². The van der Waals surface area contributed by atoms with Crippen molar-refractivity contribution in [2.75, 3.05) is 6.54 Å². The van der Waals surface area contributed by atoms with E-state index in [4.69, 9.17) is 4.74 Å². The zero-order chi connectivity index (χ0) is 26.1. The summed E-state index contributed by atoms with van der Waals surface area (Å²) in [7, 11) is 0. The zero-order valence-corrected chi connectivity index (χ0v) is 19.7. The van der Waals surface area contributed by atoms with Crippen LogP contribution < -0.4 is 4.74 Å². The van der Waals surface area contributed by atoms with Crippen molar-refractivity contribution < 1.29 is 41.0 Å². The second-order valence-corrected chi connectivity index (χ2v) is 9.84. The van der Waals surface area contributed by atoms with Crippen molar-refractivity contribution in [2.45, 2.75) is 82.4 Å². The molecule has 0 amide bonds. The maximum Gasteiger partial charge on any atom is 0.420 e. The van der Waals surface area contributed by atoms with Crippen molar-refractivity contribution in [2.24, 2.45) is 5.92 Å². The first-order valence-corrected chi connectivity index (χ1v) is 12.2. The van der Waals surface area contributed by atoms with Crippen LogP contribution in [0.5, 0.6) is 5.75 Å². The largest absolute Gasteiger partial charge is 0.490 e. The smallest absolute Gasteiger partial charge is 0.420 e. The number of alkyl halides is 6. The molecule has 2 fully saturated rings. The van der Waals surface area contributed by atoms with Crippen LogP contribution >= 0.6 is 0 Å². The highest BCUT2D eigenvalue weighted by Gasteiger charge is 2.42. The molecule has 1 heterocycles. The van der Waals surface area contributed by atoms with Crippen molar-refractivity contribution in [3.8, 4) is 5.75 Å². The lowest BCUT2D eigenvalue weighted by Gasteiger charge is -2.35. The number of hydrogen-bond acceptors (Lipinski definition) is 3. The van der Waals surface area contributed by atoms with Crippen LogP contribution in [0.2, 0.25) is 0 Å². The summed E-state index contributed by atoms with van der Waals surface area (Å²) < 4.78 is 86.7. The van der Waals surface area contributed by atoms with Crippen molar-refractivity contribution >= 4 is 16.7 Å². The Hall–Kier alpha value is -2.49. The van der Waals surface area contributed by atoms with E-state index in [-0.39, 0.29) is 49.3 Å². The molecule has 1 aliphatic carbocycles. The van der Waals surface area contributed by atoms with Gasteiger partial charge in [-0.1, -0.05) is 24.6 Å². The second kappa shape index (κ2) is 10.5. The molecule has 1 unspecified atom stereocenters. The van der Waals surface area contributed by atoms with Crippen LogP contribution in [0.4, 0.5) is 26.3 Å². The lowest BCUT2D eigenvalue weighted by Crippen LogP contribution is -2.40. The summed E-state index contributed by atoms with van der Waals surface area (Å²) in [5.74, 6) is -2.68. The van der Waals surface area contributed by atoms with Crippen LogP contribution in [0.1, 0.15) is 62.5 Å². The fourth-order valence-corrected chi connectivity index (χ4v) is 5.47. The van der Waals surface area contributed by atoms with Gasteiger partial charge < -0.3 is 9.84 Å². The average Bonchev–Trinajstić information content (AvgIpc) is 2.79. The van der Waals surface area contributed by atoms with Gasteiger partial charge in [0.25, 0.3) is 0 Å². The molecule has 2 aromatic carbocycles. The standard InChI is InChI=1S/C26H29F6NO3/c27-25(28,29)18-6-8-20(9-7-18)36-22-11-5-17-13-16(4-10-21(17)24(22)26(30,31)32)15-33-12-2-1-3-19(33)14-23(34)35/h4-5,10-11,13,18-20H,1-3,6-9,12,14-15H2,(H,34,35)/t18-,19?,20+. The number of fused-ring (bicyclic) bond motifs is 1. The summed E-state index contributed by atoms with van der Waals surface area (Å²) in [4.78, 5) is 13.3. The van der Waals surface area contributed by atoms with Crippen LogP contribution in [0.25, 0.3) is 10.8 Å². The molecular weight excluding hydrogens is 488 g/mol. The second-order valence-electron chi connectivity index (χ2n) is 9.84. The molecule has 1 aliphatic heterocycles. The quantitative estimate of drug-likeness (QED) is 0.412. The molecule has 0 bridgehead atoms. The number of piperidine rings is 1. The molecule has 1 atom stereocenters. The van der Waals surface area contributed by atoms with Crippen LogP contribution in [0.15, 0.2) is 30.3 Å². The normalized spacial score (nSPS) is 24.1. The van der Waals surface area contributed by atoms with Gasteiger partial charge in [-0.15, -0.1) is 0 Å². The van der Waals surface area contributed by atoms with Gasteiger partial charge in [0.05, 0.1) is 18.4 Å². The number of benzene rings is 2. The number of nitrogens with zero attached hydrogens (tertiary/aromatic N) is 1. The molecule has 1 saturated carbocycles. The topological polar surface area (TPSA) is 49.8 Å². The molecule has 36 heavy (non-hydrogen) atoms. The Morgan fingerprint density at radius 2 is 1.69 bits per heavy atom. The highest BCUT2D eigenvalue weighted by molar-refractivity contribution is 5.89. The molecule has 0 spiro atoms. The number of carboxylic acids is 1. The molecule has 0 radical (unpaired) electrons. The van der Waals surface area contributed by atoms with Crippen molar-refractivity contribution in [1.82, 2.24) is 4.90 Å². The van der Waals surface area contributed by atoms with E-state index in [0.717, 1.165) is 31.4 Å². The first-order valence-electron chi connectivity index (χ1n) is 12.2. The summed E-state index contributed by atoms with van der Waals surface area (Å²) in [6.07, 6.45) is -7.26. The predicted molar refractivity (Wildman–Crippen MR) is 122 cm³/mol. The number of hydrogen-bond donors (Lipinski definition) is 1. The maximum atomic E-state index is 14.1. The van der Waals surface area contributed by atoms with E-state index in [2.05, 4.69) is 4.90 Å². The third-order valence-corrected chi connectivity index (χ3v) is 7.31. The number of rotatable bonds is 6. The van der Waals surface area contributed by atoms with Gasteiger partial charge in [-0.25, -0.2) is 0 Å². The van der Waals surface area contributed by atoms with Crippen molar-refractivity contribution in [3.05, 3.63) is 41.5 Å². The van der Waals surface area contributed by atoms with Crippen LogP contribution in [-0.2, 0) is 17.5 Å². The summed E-state index contributed by atoms with van der Waals surface area (Å²) in [6.45, 7) is 1.17. The summed E-state index contributed by atoms with van der Waals surface area (Å²) in [5, 5.41) is 9.54. The Morgan fingerprint density at radius 3 is 2.33 bits per heavy atom. The molecular formula is C26H29F6NO3. The zero-order valence-electron chi connectivity index (χ0n) is 19.7. The van der Waals surface area contributed by atoms with Crippen LogP contribution in [0.3, 0.4) is 0 Å². The third-order valence-electron chi connectivity index (χ3n) is 7.31. The lowest BCUT2D eigenvalue weighted by molar-refractivity contribution is -0.185. The Morgan fingerprint density at radius 1 is 0.972 bits per heavy atom. The SMILES string of the molecule is O=C(O)CC1CCCCN1Cc1ccc2c(C(F)(F)F)c(O[C@H]3CC[C@@H](C(F)(F)F)CC3)ccc2c1. The van der Waals surface area contributed by atoms with Gasteiger partial charge in [-0.05, 0) is 73.5 Å². The number of carboxylic acid groups (broad SMARTS) is 1. The maximum absolute atomic E-state index is 14.1. The molecule has 1 N–H and O–H groups in total. The van der Waals surface area contributed by atoms with Crippen molar-refractivity contribution in [1.29, 1.82) is 0 Å². The van der Waals surface area contributed by atoms with Crippen molar-refractivity contribution in [3.63, 3.8) is 0 Å². The first-order chi connectivity index (χ1) is 16.9. The van der Waals surface area contributed by atoms with Gasteiger partial charge in [-0.2, -0.15) is 26.3 Å². The average molecular weight is 518 g/mol. The summed E-state index contributed by atoms with van der Waals surface area (Å²) in [6, 6.07) is 7.37. The van der Waals surface area contributed by atoms with E-state index in [1.54, 1.807) is 12.1 Å². The monoisotopic (exact) mass is 517 g/mol. The van der Waals surface area contributed by atoms with E-state index in [9.17, 15) is 36.2 Å². The van der Waals surface area contributed by atoms with Gasteiger partial charge in [0, 0.05) is 12.6 Å². The number of carbonyl (C=O) groups is 1. The summed E-state index contributed by atoms with van der Waals surface area (Å²) in [5.41, 5.74) is -0.140. The molecule has 198 valence electrons. The van der Waals surface area contributed by atoms with Crippen LogP contribution in [0, 0.1) is 5.92 Å².